The third-order valence-electron chi connectivity index (χ3n) is 3.31. The average Bonchev–Trinajstić information content (AvgIpc) is 2.40. The quantitative estimate of drug-likeness (QED) is 0.768. The maximum Gasteiger partial charge on any atom is 0.251 e. The third kappa shape index (κ3) is 3.32. The van der Waals surface area contributed by atoms with E-state index in [1.54, 1.807) is 39.1 Å². The number of nitrogens with two attached hydrogens (primary N) is 1. The lowest BCUT2D eigenvalue weighted by Gasteiger charge is -2.22. The molecular weight excluding hydrogens is 242 g/mol. The maximum absolute atomic E-state index is 12.0. The Morgan fingerprint density at radius 1 is 1.37 bits per heavy atom. The highest BCUT2D eigenvalue weighted by Gasteiger charge is 2.26. The van der Waals surface area contributed by atoms with Crippen LogP contribution in [-0.2, 0) is 4.79 Å². The van der Waals surface area contributed by atoms with Crippen LogP contribution in [0.4, 0.5) is 5.69 Å². The summed E-state index contributed by atoms with van der Waals surface area (Å²) in [6.45, 7) is 5.33. The van der Waals surface area contributed by atoms with Crippen LogP contribution >= 0.6 is 0 Å². The number of carbonyl (C=O) groups excluding carboxylic acids is 2. The number of rotatable bonds is 4. The molecule has 1 atom stereocenters. The number of amides is 2. The van der Waals surface area contributed by atoms with Crippen LogP contribution < -0.4 is 16.4 Å². The number of carbonyl (C=O) groups is 2. The molecule has 5 heteroatoms. The van der Waals surface area contributed by atoms with Gasteiger partial charge in [0.05, 0.1) is 5.54 Å². The van der Waals surface area contributed by atoms with Crippen molar-refractivity contribution in [2.75, 3.05) is 12.4 Å². The van der Waals surface area contributed by atoms with Crippen molar-refractivity contribution in [1.29, 1.82) is 0 Å². The van der Waals surface area contributed by atoms with Gasteiger partial charge in [0.25, 0.3) is 5.91 Å². The van der Waals surface area contributed by atoms with Crippen LogP contribution in [0, 0.1) is 6.92 Å². The molecule has 1 aromatic carbocycles. The van der Waals surface area contributed by atoms with Crippen LogP contribution in [0.25, 0.3) is 0 Å². The molecule has 0 radical (unpaired) electrons. The highest BCUT2D eigenvalue weighted by molar-refractivity contribution is 6.01. The molecule has 0 heterocycles. The lowest BCUT2D eigenvalue weighted by Crippen LogP contribution is -2.47. The number of benzene rings is 1. The zero-order chi connectivity index (χ0) is 14.6. The first-order valence-electron chi connectivity index (χ1n) is 6.25. The highest BCUT2D eigenvalue weighted by atomic mass is 16.2. The van der Waals surface area contributed by atoms with Gasteiger partial charge in [-0.05, 0) is 38.0 Å². The van der Waals surface area contributed by atoms with E-state index >= 15 is 0 Å². The third-order valence-corrected chi connectivity index (χ3v) is 3.31. The van der Waals surface area contributed by atoms with E-state index in [4.69, 9.17) is 5.73 Å². The summed E-state index contributed by atoms with van der Waals surface area (Å²) in [5.74, 6) is -0.438. The van der Waals surface area contributed by atoms with E-state index in [0.29, 0.717) is 17.7 Å². The second-order valence-electron chi connectivity index (χ2n) is 4.78. The standard InChI is InChI=1S/C14H21N3O2/c1-5-14(3,15)13(19)17-11-8-6-7-10(9(11)2)12(18)16-4/h6-8H,5,15H2,1-4H3,(H,16,18)(H,17,19). The van der Waals surface area contributed by atoms with Gasteiger partial charge in [-0.1, -0.05) is 13.0 Å². The van der Waals surface area contributed by atoms with Crippen LogP contribution in [0.5, 0.6) is 0 Å². The second kappa shape index (κ2) is 5.84. The van der Waals surface area contributed by atoms with Gasteiger partial charge in [0.1, 0.15) is 0 Å². The van der Waals surface area contributed by atoms with Gasteiger partial charge in [0, 0.05) is 18.3 Å². The first-order valence-corrected chi connectivity index (χ1v) is 6.25. The zero-order valence-corrected chi connectivity index (χ0v) is 11.8. The largest absolute Gasteiger partial charge is 0.355 e. The molecule has 1 aromatic rings. The van der Waals surface area contributed by atoms with Crippen molar-refractivity contribution in [2.45, 2.75) is 32.7 Å². The molecule has 0 bridgehead atoms. The second-order valence-corrected chi connectivity index (χ2v) is 4.78. The normalized spacial score (nSPS) is 13.5. The minimum Gasteiger partial charge on any atom is -0.355 e. The Balaban J connectivity index is 3.04. The van der Waals surface area contributed by atoms with Crippen molar-refractivity contribution >= 4 is 17.5 Å². The monoisotopic (exact) mass is 263 g/mol. The fourth-order valence-corrected chi connectivity index (χ4v) is 1.58. The minimum absolute atomic E-state index is 0.181. The molecule has 1 rings (SSSR count). The molecule has 0 aliphatic carbocycles. The molecule has 1 unspecified atom stereocenters. The van der Waals surface area contributed by atoms with Crippen molar-refractivity contribution in [3.8, 4) is 0 Å². The summed E-state index contributed by atoms with van der Waals surface area (Å²) < 4.78 is 0. The van der Waals surface area contributed by atoms with Gasteiger partial charge in [0.2, 0.25) is 5.91 Å². The molecule has 0 saturated carbocycles. The molecular formula is C14H21N3O2. The molecule has 0 saturated heterocycles. The van der Waals surface area contributed by atoms with E-state index in [1.165, 1.54) is 0 Å². The van der Waals surface area contributed by atoms with Gasteiger partial charge in [-0.15, -0.1) is 0 Å². The van der Waals surface area contributed by atoms with Crippen molar-refractivity contribution in [2.24, 2.45) is 5.73 Å². The summed E-state index contributed by atoms with van der Waals surface area (Å²) in [5.41, 5.74) is 6.84. The average molecular weight is 263 g/mol. The molecule has 0 spiro atoms. The van der Waals surface area contributed by atoms with Gasteiger partial charge in [-0.25, -0.2) is 0 Å². The van der Waals surface area contributed by atoms with E-state index in [-0.39, 0.29) is 11.8 Å². The number of nitrogens with one attached hydrogen (secondary N) is 2. The fourth-order valence-electron chi connectivity index (χ4n) is 1.58. The maximum atomic E-state index is 12.0. The molecule has 19 heavy (non-hydrogen) atoms. The van der Waals surface area contributed by atoms with Crippen molar-refractivity contribution in [1.82, 2.24) is 5.32 Å². The van der Waals surface area contributed by atoms with Crippen molar-refractivity contribution in [3.63, 3.8) is 0 Å². The summed E-state index contributed by atoms with van der Waals surface area (Å²) >= 11 is 0. The molecule has 0 aromatic heterocycles. The lowest BCUT2D eigenvalue weighted by atomic mass is 9.98. The van der Waals surface area contributed by atoms with Crippen molar-refractivity contribution < 1.29 is 9.59 Å². The van der Waals surface area contributed by atoms with Crippen LogP contribution in [0.15, 0.2) is 18.2 Å². The number of hydrogen-bond acceptors (Lipinski definition) is 3. The van der Waals surface area contributed by atoms with Gasteiger partial charge in [0.15, 0.2) is 0 Å². The van der Waals surface area contributed by atoms with E-state index in [0.717, 1.165) is 5.56 Å². The molecule has 2 amide bonds. The molecule has 0 aliphatic heterocycles. The topological polar surface area (TPSA) is 84.2 Å². The molecule has 4 N–H and O–H groups in total. The summed E-state index contributed by atoms with van der Waals surface area (Å²) in [7, 11) is 1.57. The number of hydrogen-bond donors (Lipinski definition) is 3. The van der Waals surface area contributed by atoms with Gasteiger partial charge < -0.3 is 16.4 Å². The summed E-state index contributed by atoms with van der Waals surface area (Å²) in [6, 6.07) is 5.20. The Hall–Kier alpha value is -1.88. The van der Waals surface area contributed by atoms with Crippen LogP contribution in [0.2, 0.25) is 0 Å². The minimum atomic E-state index is -0.921. The SMILES string of the molecule is CCC(C)(N)C(=O)Nc1cccc(C(=O)NC)c1C. The van der Waals surface area contributed by atoms with Gasteiger partial charge >= 0.3 is 0 Å². The summed E-state index contributed by atoms with van der Waals surface area (Å²) in [4.78, 5) is 23.7. The first kappa shape index (κ1) is 15.2. The smallest absolute Gasteiger partial charge is 0.251 e. The Morgan fingerprint density at radius 3 is 2.53 bits per heavy atom. The van der Waals surface area contributed by atoms with Gasteiger partial charge in [-0.2, -0.15) is 0 Å². The molecule has 104 valence electrons. The Morgan fingerprint density at radius 2 is 2.00 bits per heavy atom. The van der Waals surface area contributed by atoms with Gasteiger partial charge in [-0.3, -0.25) is 9.59 Å². The summed E-state index contributed by atoms with van der Waals surface area (Å²) in [5, 5.41) is 5.34. The predicted octanol–water partition coefficient (Wildman–Crippen LogP) is 1.42. The summed E-state index contributed by atoms with van der Waals surface area (Å²) in [6.07, 6.45) is 0.535. The van der Waals surface area contributed by atoms with E-state index in [9.17, 15) is 9.59 Å². The van der Waals surface area contributed by atoms with Crippen LogP contribution in [0.3, 0.4) is 0 Å². The molecule has 0 aliphatic rings. The van der Waals surface area contributed by atoms with E-state index in [2.05, 4.69) is 10.6 Å². The Bertz CT molecular complexity index is 495. The van der Waals surface area contributed by atoms with E-state index < -0.39 is 5.54 Å². The first-order chi connectivity index (χ1) is 8.83. The lowest BCUT2D eigenvalue weighted by molar-refractivity contribution is -0.120. The van der Waals surface area contributed by atoms with Crippen molar-refractivity contribution in [3.05, 3.63) is 29.3 Å². The number of anilines is 1. The van der Waals surface area contributed by atoms with Crippen LogP contribution in [-0.4, -0.2) is 24.4 Å². The molecule has 5 nitrogen and oxygen atoms in total. The fraction of sp³-hybridized carbons (Fsp3) is 0.429. The molecule has 0 fully saturated rings. The van der Waals surface area contributed by atoms with Crippen LogP contribution in [0.1, 0.15) is 36.2 Å². The predicted molar refractivity (Wildman–Crippen MR) is 76.1 cm³/mol. The van der Waals surface area contributed by atoms with E-state index in [1.807, 2.05) is 6.92 Å². The Labute approximate surface area is 113 Å². The zero-order valence-electron chi connectivity index (χ0n) is 11.8. The highest BCUT2D eigenvalue weighted by Crippen LogP contribution is 2.20. The Kier molecular flexibility index (Phi) is 4.67.